The molecule has 0 bridgehead atoms. The smallest absolute Gasteiger partial charge is 0.0704 e. The summed E-state index contributed by atoms with van der Waals surface area (Å²) in [6.45, 7) is 2.11. The van der Waals surface area contributed by atoms with Gasteiger partial charge in [0.05, 0.1) is 5.69 Å². The molecule has 1 nitrogen and oxygen atoms in total. The molecule has 0 saturated heterocycles. The van der Waals surface area contributed by atoms with Crippen molar-refractivity contribution in [2.24, 2.45) is 0 Å². The van der Waals surface area contributed by atoms with E-state index < -0.39 is 0 Å². The van der Waals surface area contributed by atoms with Crippen LogP contribution in [-0.2, 0) is 12.8 Å². The van der Waals surface area contributed by atoms with Gasteiger partial charge in [-0.1, -0.05) is 61.0 Å². The second-order valence-electron chi connectivity index (χ2n) is 6.46. The van der Waals surface area contributed by atoms with Crippen LogP contribution in [0.3, 0.4) is 0 Å². The van der Waals surface area contributed by atoms with Crippen molar-refractivity contribution in [3.63, 3.8) is 0 Å². The Morgan fingerprint density at radius 1 is 0.708 bits per heavy atom. The molecule has 0 aliphatic heterocycles. The van der Waals surface area contributed by atoms with Crippen molar-refractivity contribution >= 4 is 0 Å². The Morgan fingerprint density at radius 3 is 2.04 bits per heavy atom. The maximum Gasteiger partial charge on any atom is 0.0704 e. The van der Waals surface area contributed by atoms with Gasteiger partial charge < -0.3 is 0 Å². The molecule has 0 atom stereocenters. The Labute approximate surface area is 145 Å². The van der Waals surface area contributed by atoms with Gasteiger partial charge in [-0.3, -0.25) is 4.98 Å². The van der Waals surface area contributed by atoms with E-state index in [2.05, 4.69) is 72.6 Å². The monoisotopic (exact) mass is 315 g/mol. The van der Waals surface area contributed by atoms with E-state index in [1.54, 1.807) is 0 Å². The molecular formula is C23H25N. The first-order valence-electron chi connectivity index (χ1n) is 8.87. The Bertz CT molecular complexity index is 745. The van der Waals surface area contributed by atoms with Crippen LogP contribution in [0, 0.1) is 6.92 Å². The average Bonchev–Trinajstić information content (AvgIpc) is 2.63. The Morgan fingerprint density at radius 2 is 1.38 bits per heavy atom. The number of hydrogen-bond acceptors (Lipinski definition) is 1. The second-order valence-corrected chi connectivity index (χ2v) is 6.46. The highest BCUT2D eigenvalue weighted by Crippen LogP contribution is 2.19. The minimum Gasteiger partial charge on any atom is -0.256 e. The topological polar surface area (TPSA) is 12.9 Å². The summed E-state index contributed by atoms with van der Waals surface area (Å²) in [4.78, 5) is 4.45. The van der Waals surface area contributed by atoms with Crippen molar-refractivity contribution in [1.29, 1.82) is 0 Å². The van der Waals surface area contributed by atoms with E-state index in [1.165, 1.54) is 47.9 Å². The van der Waals surface area contributed by atoms with Gasteiger partial charge in [-0.15, -0.1) is 0 Å². The maximum atomic E-state index is 4.45. The fourth-order valence-corrected chi connectivity index (χ4v) is 3.02. The molecule has 122 valence electrons. The van der Waals surface area contributed by atoms with Crippen LogP contribution >= 0.6 is 0 Å². The summed E-state index contributed by atoms with van der Waals surface area (Å²) in [5, 5.41) is 0. The summed E-state index contributed by atoms with van der Waals surface area (Å²) in [5.74, 6) is 0. The van der Waals surface area contributed by atoms with Crippen LogP contribution in [0.15, 0.2) is 72.9 Å². The lowest BCUT2D eigenvalue weighted by Gasteiger charge is -2.05. The van der Waals surface area contributed by atoms with Gasteiger partial charge in [0.1, 0.15) is 0 Å². The second kappa shape index (κ2) is 8.44. The first-order valence-corrected chi connectivity index (χ1v) is 8.87. The number of unbranched alkanes of at least 4 members (excludes halogenated alkanes) is 2. The Balaban J connectivity index is 1.45. The van der Waals surface area contributed by atoms with E-state index in [1.807, 2.05) is 12.3 Å². The van der Waals surface area contributed by atoms with Gasteiger partial charge in [-0.2, -0.15) is 0 Å². The number of pyridine rings is 1. The van der Waals surface area contributed by atoms with Gasteiger partial charge in [0.15, 0.2) is 0 Å². The minimum atomic E-state index is 1.06. The van der Waals surface area contributed by atoms with E-state index in [0.29, 0.717) is 0 Å². The standard InChI is InChI=1S/C23H25N/c1-19-16-17-24-23(18-19)22-14-12-21(13-15-22)11-7-3-6-10-20-8-4-2-5-9-20/h2,4-5,8-9,12-18H,3,6-7,10-11H2,1H3. The molecule has 1 aromatic heterocycles. The van der Waals surface area contributed by atoms with Crippen LogP contribution in [0.4, 0.5) is 0 Å². The summed E-state index contributed by atoms with van der Waals surface area (Å²) >= 11 is 0. The number of benzene rings is 2. The molecule has 0 fully saturated rings. The predicted molar refractivity (Wildman–Crippen MR) is 102 cm³/mol. The van der Waals surface area contributed by atoms with Crippen molar-refractivity contribution in [3.05, 3.63) is 89.6 Å². The molecule has 0 unspecified atom stereocenters. The average molecular weight is 315 g/mol. The molecule has 0 aliphatic rings. The van der Waals surface area contributed by atoms with E-state index in [4.69, 9.17) is 0 Å². The highest BCUT2D eigenvalue weighted by atomic mass is 14.7. The predicted octanol–water partition coefficient (Wildman–Crippen LogP) is 6.01. The Kier molecular flexibility index (Phi) is 5.79. The van der Waals surface area contributed by atoms with Crippen molar-refractivity contribution in [2.75, 3.05) is 0 Å². The summed E-state index contributed by atoms with van der Waals surface area (Å²) in [6.07, 6.45) is 8.06. The zero-order chi connectivity index (χ0) is 16.6. The van der Waals surface area contributed by atoms with Gasteiger partial charge in [0.2, 0.25) is 0 Å². The molecule has 0 spiro atoms. The lowest BCUT2D eigenvalue weighted by atomic mass is 10.0. The largest absolute Gasteiger partial charge is 0.256 e. The fraction of sp³-hybridized carbons (Fsp3) is 0.261. The summed E-state index contributed by atoms with van der Waals surface area (Å²) in [6, 6.07) is 23.8. The molecular weight excluding hydrogens is 290 g/mol. The van der Waals surface area contributed by atoms with Gasteiger partial charge in [-0.05, 0) is 61.4 Å². The van der Waals surface area contributed by atoms with Gasteiger partial charge in [-0.25, -0.2) is 0 Å². The van der Waals surface area contributed by atoms with Crippen LogP contribution in [0.5, 0.6) is 0 Å². The van der Waals surface area contributed by atoms with E-state index in [0.717, 1.165) is 12.1 Å². The third kappa shape index (κ3) is 4.79. The zero-order valence-electron chi connectivity index (χ0n) is 14.4. The number of nitrogens with zero attached hydrogens (tertiary/aromatic N) is 1. The maximum absolute atomic E-state index is 4.45. The van der Waals surface area contributed by atoms with Gasteiger partial charge in [0, 0.05) is 11.8 Å². The lowest BCUT2D eigenvalue weighted by molar-refractivity contribution is 0.678. The molecule has 0 aliphatic carbocycles. The first-order chi connectivity index (χ1) is 11.8. The molecule has 2 aromatic carbocycles. The molecule has 1 heteroatoms. The summed E-state index contributed by atoms with van der Waals surface area (Å²) in [7, 11) is 0. The third-order valence-electron chi connectivity index (χ3n) is 4.44. The van der Waals surface area contributed by atoms with E-state index >= 15 is 0 Å². The lowest BCUT2D eigenvalue weighted by Crippen LogP contribution is -1.90. The first kappa shape index (κ1) is 16.4. The number of aryl methyl sites for hydroxylation is 3. The van der Waals surface area contributed by atoms with Crippen molar-refractivity contribution in [1.82, 2.24) is 4.98 Å². The molecule has 0 amide bonds. The summed E-state index contributed by atoms with van der Waals surface area (Å²) in [5.41, 5.74) is 6.39. The molecule has 0 saturated carbocycles. The van der Waals surface area contributed by atoms with Crippen molar-refractivity contribution in [3.8, 4) is 11.3 Å². The van der Waals surface area contributed by atoms with E-state index in [9.17, 15) is 0 Å². The molecule has 24 heavy (non-hydrogen) atoms. The van der Waals surface area contributed by atoms with Crippen LogP contribution in [-0.4, -0.2) is 4.98 Å². The SMILES string of the molecule is Cc1ccnc(-c2ccc(CCCCCc3ccccc3)cc2)c1. The van der Waals surface area contributed by atoms with Crippen LogP contribution in [0.1, 0.15) is 36.0 Å². The quantitative estimate of drug-likeness (QED) is 0.486. The van der Waals surface area contributed by atoms with Crippen LogP contribution in [0.2, 0.25) is 0 Å². The molecule has 3 rings (SSSR count). The highest BCUT2D eigenvalue weighted by Gasteiger charge is 2.00. The number of hydrogen-bond donors (Lipinski definition) is 0. The molecule has 3 aromatic rings. The number of rotatable bonds is 7. The summed E-state index contributed by atoms with van der Waals surface area (Å²) < 4.78 is 0. The normalized spacial score (nSPS) is 10.7. The molecule has 0 N–H and O–H groups in total. The molecule has 0 radical (unpaired) electrons. The molecule has 1 heterocycles. The highest BCUT2D eigenvalue weighted by molar-refractivity contribution is 5.59. The van der Waals surface area contributed by atoms with Gasteiger partial charge >= 0.3 is 0 Å². The fourth-order valence-electron chi connectivity index (χ4n) is 3.02. The van der Waals surface area contributed by atoms with Crippen LogP contribution < -0.4 is 0 Å². The van der Waals surface area contributed by atoms with Crippen LogP contribution in [0.25, 0.3) is 11.3 Å². The zero-order valence-corrected chi connectivity index (χ0v) is 14.4. The van der Waals surface area contributed by atoms with Gasteiger partial charge in [0.25, 0.3) is 0 Å². The third-order valence-corrected chi connectivity index (χ3v) is 4.44. The Hall–Kier alpha value is -2.41. The minimum absolute atomic E-state index is 1.06. The number of aromatic nitrogens is 1. The van der Waals surface area contributed by atoms with Crippen molar-refractivity contribution < 1.29 is 0 Å². The van der Waals surface area contributed by atoms with E-state index in [-0.39, 0.29) is 0 Å². The van der Waals surface area contributed by atoms with Crippen molar-refractivity contribution in [2.45, 2.75) is 39.0 Å².